The standard InChI is InChI=1S/C33H66O2/c1-6-8-10-12-14-16-17-18-19-20-21-23-25-27-29-31(32(34)35-30-33(3,4)5)28-26-24-22-15-13-11-9-7-2/h31H,6-30H2,1-5H3. The molecule has 0 rings (SSSR count). The zero-order valence-electron chi connectivity index (χ0n) is 25.1. The van der Waals surface area contributed by atoms with Gasteiger partial charge in [0, 0.05) is 0 Å². The highest BCUT2D eigenvalue weighted by Crippen LogP contribution is 2.23. The van der Waals surface area contributed by atoms with E-state index in [0.29, 0.717) is 6.61 Å². The molecule has 0 spiro atoms. The van der Waals surface area contributed by atoms with Gasteiger partial charge in [-0.25, -0.2) is 0 Å². The molecule has 0 radical (unpaired) electrons. The van der Waals surface area contributed by atoms with Crippen LogP contribution in [0.15, 0.2) is 0 Å². The molecule has 0 aliphatic rings. The van der Waals surface area contributed by atoms with Gasteiger partial charge in [0.2, 0.25) is 0 Å². The Morgan fingerprint density at radius 3 is 1.09 bits per heavy atom. The zero-order chi connectivity index (χ0) is 26.0. The highest BCUT2D eigenvalue weighted by Gasteiger charge is 2.22. The molecule has 0 heterocycles. The van der Waals surface area contributed by atoms with Crippen LogP contribution in [0, 0.1) is 11.3 Å². The molecule has 35 heavy (non-hydrogen) atoms. The number of carbonyl (C=O) groups excluding carboxylic acids is 1. The van der Waals surface area contributed by atoms with Crippen LogP contribution < -0.4 is 0 Å². The van der Waals surface area contributed by atoms with Crippen molar-refractivity contribution < 1.29 is 9.53 Å². The predicted octanol–water partition coefficient (Wildman–Crippen LogP) is 11.6. The van der Waals surface area contributed by atoms with Crippen molar-refractivity contribution in [2.24, 2.45) is 11.3 Å². The molecule has 0 aromatic rings. The Hall–Kier alpha value is -0.530. The van der Waals surface area contributed by atoms with E-state index in [-0.39, 0.29) is 17.3 Å². The Labute approximate surface area is 222 Å². The highest BCUT2D eigenvalue weighted by atomic mass is 16.5. The maximum atomic E-state index is 12.8. The first-order valence-electron chi connectivity index (χ1n) is 16.1. The third-order valence-electron chi connectivity index (χ3n) is 7.29. The normalized spacial score (nSPS) is 12.7. The first-order valence-corrected chi connectivity index (χ1v) is 16.1. The zero-order valence-corrected chi connectivity index (χ0v) is 25.1. The number of rotatable bonds is 26. The van der Waals surface area contributed by atoms with Crippen molar-refractivity contribution >= 4 is 5.97 Å². The summed E-state index contributed by atoms with van der Waals surface area (Å²) in [7, 11) is 0. The largest absolute Gasteiger partial charge is 0.465 e. The Morgan fingerprint density at radius 1 is 0.514 bits per heavy atom. The van der Waals surface area contributed by atoms with Gasteiger partial charge < -0.3 is 4.74 Å². The Morgan fingerprint density at radius 2 is 0.800 bits per heavy atom. The molecule has 0 saturated heterocycles. The quantitative estimate of drug-likeness (QED) is 0.0882. The van der Waals surface area contributed by atoms with E-state index in [4.69, 9.17) is 4.74 Å². The van der Waals surface area contributed by atoms with Crippen LogP contribution in [0.1, 0.15) is 189 Å². The summed E-state index contributed by atoms with van der Waals surface area (Å²) in [5.74, 6) is 0.187. The van der Waals surface area contributed by atoms with Crippen LogP contribution in [-0.4, -0.2) is 12.6 Å². The van der Waals surface area contributed by atoms with Gasteiger partial charge in [0.25, 0.3) is 0 Å². The highest BCUT2D eigenvalue weighted by molar-refractivity contribution is 5.72. The van der Waals surface area contributed by atoms with Crippen LogP contribution in [0.2, 0.25) is 0 Å². The summed E-state index contributed by atoms with van der Waals surface area (Å²) in [6, 6.07) is 0. The summed E-state index contributed by atoms with van der Waals surface area (Å²) in [6.07, 6.45) is 32.0. The molecule has 210 valence electrons. The lowest BCUT2D eigenvalue weighted by Crippen LogP contribution is -2.24. The van der Waals surface area contributed by atoms with Gasteiger partial charge >= 0.3 is 5.97 Å². The van der Waals surface area contributed by atoms with Crippen LogP contribution in [0.25, 0.3) is 0 Å². The van der Waals surface area contributed by atoms with Crippen molar-refractivity contribution in [3.63, 3.8) is 0 Å². The van der Waals surface area contributed by atoms with Crippen molar-refractivity contribution in [3.05, 3.63) is 0 Å². The molecular formula is C33H66O2. The van der Waals surface area contributed by atoms with Crippen LogP contribution in [0.5, 0.6) is 0 Å². The maximum absolute atomic E-state index is 12.8. The SMILES string of the molecule is CCCCCCCCCCCCCCCCC(CCCCCCCCCC)C(=O)OCC(C)(C)C. The van der Waals surface area contributed by atoms with Crippen molar-refractivity contribution in [1.29, 1.82) is 0 Å². The number of unbranched alkanes of at least 4 members (excludes halogenated alkanes) is 20. The first kappa shape index (κ1) is 34.5. The van der Waals surface area contributed by atoms with Crippen LogP contribution in [0.3, 0.4) is 0 Å². The molecule has 0 aromatic carbocycles. The minimum Gasteiger partial charge on any atom is -0.465 e. The lowest BCUT2D eigenvalue weighted by molar-refractivity contribution is -0.152. The van der Waals surface area contributed by atoms with Crippen molar-refractivity contribution in [1.82, 2.24) is 0 Å². The van der Waals surface area contributed by atoms with Gasteiger partial charge in [0.05, 0.1) is 12.5 Å². The van der Waals surface area contributed by atoms with E-state index < -0.39 is 0 Å². The van der Waals surface area contributed by atoms with E-state index in [0.717, 1.165) is 12.8 Å². The minimum atomic E-state index is 0.0494. The molecule has 0 bridgehead atoms. The number of hydrogen-bond donors (Lipinski definition) is 0. The van der Waals surface area contributed by atoms with E-state index in [1.807, 2.05) is 0 Å². The van der Waals surface area contributed by atoms with Crippen LogP contribution in [-0.2, 0) is 9.53 Å². The van der Waals surface area contributed by atoms with E-state index in [2.05, 4.69) is 34.6 Å². The second kappa shape index (κ2) is 25.1. The van der Waals surface area contributed by atoms with E-state index in [1.54, 1.807) is 0 Å². The molecular weight excluding hydrogens is 428 g/mol. The van der Waals surface area contributed by atoms with Gasteiger partial charge in [0.1, 0.15) is 0 Å². The topological polar surface area (TPSA) is 26.3 Å². The predicted molar refractivity (Wildman–Crippen MR) is 156 cm³/mol. The molecule has 0 aromatic heterocycles. The Bertz CT molecular complexity index is 437. The van der Waals surface area contributed by atoms with Crippen LogP contribution >= 0.6 is 0 Å². The molecule has 1 unspecified atom stereocenters. The van der Waals surface area contributed by atoms with Crippen molar-refractivity contribution in [3.8, 4) is 0 Å². The average Bonchev–Trinajstić information content (AvgIpc) is 2.82. The number of esters is 1. The molecule has 1 atom stereocenters. The summed E-state index contributed by atoms with van der Waals surface area (Å²) in [4.78, 5) is 12.8. The monoisotopic (exact) mass is 495 g/mol. The second-order valence-corrected chi connectivity index (χ2v) is 12.5. The van der Waals surface area contributed by atoms with Gasteiger partial charge in [-0.15, -0.1) is 0 Å². The Kier molecular flexibility index (Phi) is 24.8. The van der Waals surface area contributed by atoms with E-state index >= 15 is 0 Å². The van der Waals surface area contributed by atoms with Gasteiger partial charge in [-0.2, -0.15) is 0 Å². The van der Waals surface area contributed by atoms with Gasteiger partial charge in [-0.1, -0.05) is 176 Å². The summed E-state index contributed by atoms with van der Waals surface area (Å²) in [6.45, 7) is 11.5. The minimum absolute atomic E-state index is 0.0494. The summed E-state index contributed by atoms with van der Waals surface area (Å²) in [5, 5.41) is 0. The van der Waals surface area contributed by atoms with Crippen LogP contribution in [0.4, 0.5) is 0 Å². The molecule has 2 heteroatoms. The molecule has 0 aliphatic carbocycles. The molecule has 2 nitrogen and oxygen atoms in total. The smallest absolute Gasteiger partial charge is 0.308 e. The van der Waals surface area contributed by atoms with Crippen molar-refractivity contribution in [2.45, 2.75) is 189 Å². The van der Waals surface area contributed by atoms with E-state index in [9.17, 15) is 4.79 Å². The van der Waals surface area contributed by atoms with Gasteiger partial charge in [-0.05, 0) is 18.3 Å². The number of hydrogen-bond acceptors (Lipinski definition) is 2. The molecule has 0 saturated carbocycles. The van der Waals surface area contributed by atoms with E-state index in [1.165, 1.54) is 141 Å². The summed E-state index contributed by atoms with van der Waals surface area (Å²) < 4.78 is 5.72. The Balaban J connectivity index is 3.91. The molecule has 0 fully saturated rings. The van der Waals surface area contributed by atoms with Crippen molar-refractivity contribution in [2.75, 3.05) is 6.61 Å². The first-order chi connectivity index (χ1) is 16.9. The lowest BCUT2D eigenvalue weighted by atomic mass is 9.93. The van der Waals surface area contributed by atoms with Gasteiger partial charge in [-0.3, -0.25) is 4.79 Å². The fraction of sp³-hybridized carbons (Fsp3) is 0.970. The third kappa shape index (κ3) is 26.3. The fourth-order valence-electron chi connectivity index (χ4n) is 4.90. The second-order valence-electron chi connectivity index (χ2n) is 12.5. The molecule has 0 N–H and O–H groups in total. The maximum Gasteiger partial charge on any atom is 0.308 e. The average molecular weight is 495 g/mol. The summed E-state index contributed by atoms with van der Waals surface area (Å²) >= 11 is 0. The number of ether oxygens (including phenoxy) is 1. The van der Waals surface area contributed by atoms with Gasteiger partial charge in [0.15, 0.2) is 0 Å². The molecule has 0 aliphatic heterocycles. The third-order valence-corrected chi connectivity index (χ3v) is 7.29. The molecule has 0 amide bonds. The lowest BCUT2D eigenvalue weighted by Gasteiger charge is -2.21. The number of carbonyl (C=O) groups is 1. The fourth-order valence-corrected chi connectivity index (χ4v) is 4.90. The summed E-state index contributed by atoms with van der Waals surface area (Å²) in [5.41, 5.74) is 0.0494.